The Balaban J connectivity index is 2.86. The molecule has 34 heavy (non-hydrogen) atoms. The zero-order chi connectivity index (χ0) is 25.4. The zero-order valence-electron chi connectivity index (χ0n) is 19.5. The molecule has 0 aromatic heterocycles. The van der Waals surface area contributed by atoms with Crippen LogP contribution in [0.4, 0.5) is 13.2 Å². The topological polar surface area (TPSA) is 66.4 Å². The van der Waals surface area contributed by atoms with Crippen LogP contribution in [-0.2, 0) is 11.0 Å². The van der Waals surface area contributed by atoms with Crippen LogP contribution in [0.5, 0.6) is 0 Å². The lowest BCUT2D eigenvalue weighted by molar-refractivity contribution is -0.138. The molecule has 2 atom stereocenters. The van der Waals surface area contributed by atoms with Crippen molar-refractivity contribution in [3.63, 3.8) is 0 Å². The number of hydrogen-bond acceptors (Lipinski definition) is 2. The molecule has 0 saturated heterocycles. The van der Waals surface area contributed by atoms with E-state index in [2.05, 4.69) is 42.5 Å². The highest BCUT2D eigenvalue weighted by molar-refractivity contribution is 5.94. The molecule has 0 aliphatic carbocycles. The van der Waals surface area contributed by atoms with Gasteiger partial charge >= 0.3 is 12.1 Å². The molecule has 0 unspecified atom stereocenters. The molecule has 0 spiro atoms. The van der Waals surface area contributed by atoms with Crippen molar-refractivity contribution in [2.24, 2.45) is 5.92 Å². The van der Waals surface area contributed by atoms with Crippen LogP contribution in [0.15, 0.2) is 36.9 Å². The van der Waals surface area contributed by atoms with Gasteiger partial charge in [-0.05, 0) is 36.5 Å². The zero-order valence-corrected chi connectivity index (χ0v) is 19.5. The summed E-state index contributed by atoms with van der Waals surface area (Å²) < 4.78 is 38.9. The van der Waals surface area contributed by atoms with E-state index < -0.39 is 35.6 Å². The number of carbonyl (C=O) groups is 2. The number of aliphatic carboxylic acids is 1. The number of unbranched alkanes of at least 4 members (excludes halogenated alkanes) is 6. The average molecular weight is 476 g/mol. The van der Waals surface area contributed by atoms with E-state index in [0.717, 1.165) is 37.8 Å². The Morgan fingerprint density at radius 2 is 1.74 bits per heavy atom. The number of rotatable bonds is 13. The number of halogens is 3. The number of allylic oxidation sites excluding steroid dienone is 1. The molecule has 4 nitrogen and oxygen atoms in total. The molecule has 1 aromatic carbocycles. The fraction of sp³-hybridized carbons (Fsp3) is 0.481. The quantitative estimate of drug-likeness (QED) is 0.202. The van der Waals surface area contributed by atoms with Gasteiger partial charge in [0.05, 0.1) is 18.0 Å². The summed E-state index contributed by atoms with van der Waals surface area (Å²) in [6, 6.07) is 3.65. The number of carboxylic acid groups (broad SMARTS) is 1. The SMILES string of the molecule is C=C[C@@H](C#CC#C[C@@H](CCCCCCCCC)NC(=O)c1cccc(C(F)(F)F)c1)CC(=O)O. The van der Waals surface area contributed by atoms with Crippen LogP contribution < -0.4 is 5.32 Å². The molecular formula is C27H32F3NO3. The van der Waals surface area contributed by atoms with Crippen LogP contribution >= 0.6 is 0 Å². The lowest BCUT2D eigenvalue weighted by atomic mass is 10.0. The fourth-order valence-corrected chi connectivity index (χ4v) is 3.20. The second-order valence-electron chi connectivity index (χ2n) is 7.99. The maximum absolute atomic E-state index is 13.0. The lowest BCUT2D eigenvalue weighted by Crippen LogP contribution is -2.34. The van der Waals surface area contributed by atoms with Crippen molar-refractivity contribution < 1.29 is 27.9 Å². The van der Waals surface area contributed by atoms with E-state index in [0.29, 0.717) is 6.42 Å². The van der Waals surface area contributed by atoms with E-state index in [1.807, 2.05) is 0 Å². The summed E-state index contributed by atoms with van der Waals surface area (Å²) in [7, 11) is 0. The Hall–Kier alpha value is -3.19. The molecule has 2 N–H and O–H groups in total. The highest BCUT2D eigenvalue weighted by atomic mass is 19.4. The monoisotopic (exact) mass is 475 g/mol. The Morgan fingerprint density at radius 1 is 1.09 bits per heavy atom. The first kappa shape index (κ1) is 28.8. The van der Waals surface area contributed by atoms with E-state index in [9.17, 15) is 22.8 Å². The number of amides is 1. The van der Waals surface area contributed by atoms with Crippen LogP contribution in [0.1, 0.15) is 80.6 Å². The number of benzene rings is 1. The van der Waals surface area contributed by atoms with Gasteiger partial charge in [-0.1, -0.05) is 75.9 Å². The van der Waals surface area contributed by atoms with Gasteiger partial charge in [0.25, 0.3) is 5.91 Å². The maximum Gasteiger partial charge on any atom is 0.416 e. The van der Waals surface area contributed by atoms with Crippen molar-refractivity contribution in [2.45, 2.75) is 76.9 Å². The van der Waals surface area contributed by atoms with E-state index in [-0.39, 0.29) is 12.0 Å². The minimum Gasteiger partial charge on any atom is -0.481 e. The number of carboxylic acids is 1. The van der Waals surface area contributed by atoms with Crippen molar-refractivity contribution in [1.29, 1.82) is 0 Å². The van der Waals surface area contributed by atoms with Gasteiger partial charge in [0.1, 0.15) is 0 Å². The Kier molecular flexibility index (Phi) is 13.2. The molecule has 184 valence electrons. The molecule has 0 radical (unpaired) electrons. The average Bonchev–Trinajstić information content (AvgIpc) is 2.79. The number of hydrogen-bond donors (Lipinski definition) is 2. The van der Waals surface area contributed by atoms with Crippen molar-refractivity contribution >= 4 is 11.9 Å². The third kappa shape index (κ3) is 12.2. The summed E-state index contributed by atoms with van der Waals surface area (Å²) in [5.74, 6) is 8.59. The van der Waals surface area contributed by atoms with Gasteiger partial charge in [-0.3, -0.25) is 9.59 Å². The van der Waals surface area contributed by atoms with Crippen LogP contribution in [0.2, 0.25) is 0 Å². The third-order valence-electron chi connectivity index (χ3n) is 5.10. The first-order valence-corrected chi connectivity index (χ1v) is 11.5. The molecular weight excluding hydrogens is 443 g/mol. The predicted molar refractivity (Wildman–Crippen MR) is 127 cm³/mol. The minimum atomic E-state index is -4.54. The molecule has 1 aromatic rings. The van der Waals surface area contributed by atoms with Gasteiger partial charge in [-0.15, -0.1) is 6.58 Å². The van der Waals surface area contributed by atoms with Gasteiger partial charge < -0.3 is 10.4 Å². The van der Waals surface area contributed by atoms with Gasteiger partial charge in [0.2, 0.25) is 0 Å². The van der Waals surface area contributed by atoms with Crippen molar-refractivity contribution in [3.8, 4) is 23.7 Å². The first-order valence-electron chi connectivity index (χ1n) is 11.5. The van der Waals surface area contributed by atoms with E-state index in [4.69, 9.17) is 5.11 Å². The van der Waals surface area contributed by atoms with Gasteiger partial charge in [-0.2, -0.15) is 13.2 Å². The number of carbonyl (C=O) groups excluding carboxylic acids is 1. The molecule has 0 heterocycles. The summed E-state index contributed by atoms with van der Waals surface area (Å²) >= 11 is 0. The summed E-state index contributed by atoms with van der Waals surface area (Å²) in [6.07, 6.45) is 4.75. The fourth-order valence-electron chi connectivity index (χ4n) is 3.20. The van der Waals surface area contributed by atoms with E-state index in [1.165, 1.54) is 37.5 Å². The third-order valence-corrected chi connectivity index (χ3v) is 5.10. The normalized spacial score (nSPS) is 12.4. The standard InChI is InChI=1S/C27H32F3NO3/c1-3-5-6-7-8-9-10-17-24(18-12-11-14-21(4-2)19-25(32)33)31-26(34)22-15-13-16-23(20-22)27(28,29)30/h4,13,15-16,20-21,24H,2-3,5-10,17,19H2,1H3,(H,31,34)(H,32,33)/t21-,24+/m0/s1. The van der Waals surface area contributed by atoms with E-state index in [1.54, 1.807) is 0 Å². The highest BCUT2D eigenvalue weighted by Crippen LogP contribution is 2.29. The molecule has 1 amide bonds. The van der Waals surface area contributed by atoms with Gasteiger partial charge in [0, 0.05) is 11.5 Å². The van der Waals surface area contributed by atoms with Crippen molar-refractivity contribution in [1.82, 2.24) is 5.32 Å². The molecule has 0 fully saturated rings. The molecule has 7 heteroatoms. The highest BCUT2D eigenvalue weighted by Gasteiger charge is 2.31. The van der Waals surface area contributed by atoms with Crippen LogP contribution in [0, 0.1) is 29.6 Å². The van der Waals surface area contributed by atoms with Gasteiger partial charge in [-0.25, -0.2) is 0 Å². The molecule has 0 aliphatic rings. The van der Waals surface area contributed by atoms with Gasteiger partial charge in [0.15, 0.2) is 0 Å². The number of nitrogens with one attached hydrogen (secondary N) is 1. The molecule has 0 saturated carbocycles. The lowest BCUT2D eigenvalue weighted by Gasteiger charge is -2.14. The Labute approximate surface area is 200 Å². The van der Waals surface area contributed by atoms with Crippen LogP contribution in [-0.4, -0.2) is 23.0 Å². The second-order valence-corrected chi connectivity index (χ2v) is 7.99. The summed E-state index contributed by atoms with van der Waals surface area (Å²) in [5.41, 5.74) is -0.991. The van der Waals surface area contributed by atoms with Crippen molar-refractivity contribution in [2.75, 3.05) is 0 Å². The summed E-state index contributed by atoms with van der Waals surface area (Å²) in [5, 5.41) is 11.6. The Morgan fingerprint density at radius 3 is 2.35 bits per heavy atom. The largest absolute Gasteiger partial charge is 0.481 e. The minimum absolute atomic E-state index is 0.0968. The summed E-state index contributed by atoms with van der Waals surface area (Å²) in [6.45, 7) is 5.70. The molecule has 0 aliphatic heterocycles. The number of alkyl halides is 3. The maximum atomic E-state index is 13.0. The van der Waals surface area contributed by atoms with Crippen LogP contribution in [0.3, 0.4) is 0 Å². The van der Waals surface area contributed by atoms with Crippen LogP contribution in [0.25, 0.3) is 0 Å². The van der Waals surface area contributed by atoms with E-state index >= 15 is 0 Å². The molecule has 0 bridgehead atoms. The first-order chi connectivity index (χ1) is 16.2. The smallest absolute Gasteiger partial charge is 0.416 e. The summed E-state index contributed by atoms with van der Waals surface area (Å²) in [4.78, 5) is 23.4. The van der Waals surface area contributed by atoms with Crippen molar-refractivity contribution in [3.05, 3.63) is 48.0 Å². The predicted octanol–water partition coefficient (Wildman–Crippen LogP) is 6.23. The Bertz CT molecular complexity index is 932. The second kappa shape index (κ2) is 15.6. The molecule has 1 rings (SSSR count).